The fraction of sp³-hybridized carbons (Fsp3) is 0.0476. The van der Waals surface area contributed by atoms with E-state index in [0.717, 1.165) is 43.5 Å². The maximum Gasteiger partial charge on any atom is -0.00383 e. The van der Waals surface area contributed by atoms with E-state index in [1.54, 1.807) is 0 Å². The average molecular weight is 539 g/mol. The molecule has 0 saturated carbocycles. The molecule has 0 amide bonds. The Hall–Kier alpha value is -5.20. The van der Waals surface area contributed by atoms with E-state index >= 15 is 0 Å². The minimum Gasteiger partial charge on any atom is -0.0911 e. The fourth-order valence-electron chi connectivity index (χ4n) is 5.92. The standard InChI is InChI=1S/C42H34/c1-29(37-23-13-19-34-17-9-10-20-38(34)37)24-25-32(4)41-30(2)14-5-6-15-31(3)42(40-22-12-11-21-39(40)41)36-27-26-33-16-7-8-18-35(33)28-36/h5-28H,2-3H2,1,4H3/b14-5?,15-6?,29-24+,32-25+,41-39?,42-40?. The smallest absolute Gasteiger partial charge is 0.00383 e. The monoisotopic (exact) mass is 538 g/mol. The van der Waals surface area contributed by atoms with Gasteiger partial charge in [0.1, 0.15) is 0 Å². The molecule has 0 N–H and O–H groups in total. The molecule has 0 aromatic heterocycles. The molecule has 0 nitrogen and oxygen atoms in total. The largest absolute Gasteiger partial charge is 0.0911 e. The summed E-state index contributed by atoms with van der Waals surface area (Å²) in [5, 5.41) is 9.21. The third-order valence-electron chi connectivity index (χ3n) is 8.04. The molecule has 6 rings (SSSR count). The minimum atomic E-state index is 0.974. The van der Waals surface area contributed by atoms with Gasteiger partial charge < -0.3 is 0 Å². The molecule has 0 aliphatic heterocycles. The van der Waals surface area contributed by atoms with Crippen LogP contribution in [0.25, 0.3) is 67.7 Å². The zero-order valence-electron chi connectivity index (χ0n) is 24.3. The molecule has 0 aliphatic carbocycles. The summed E-state index contributed by atoms with van der Waals surface area (Å²) in [5.41, 5.74) is 7.04. The maximum absolute atomic E-state index is 4.52. The highest BCUT2D eigenvalue weighted by Gasteiger charge is 2.09. The van der Waals surface area contributed by atoms with Crippen molar-refractivity contribution in [2.75, 3.05) is 0 Å². The summed E-state index contributed by atoms with van der Waals surface area (Å²) in [6, 6.07) is 47.2. The van der Waals surface area contributed by atoms with E-state index in [9.17, 15) is 0 Å². The normalized spacial score (nSPS) is 12.0. The molecular weight excluding hydrogens is 504 g/mol. The summed E-state index contributed by atoms with van der Waals surface area (Å²) in [4.78, 5) is 0. The van der Waals surface area contributed by atoms with Crippen LogP contribution >= 0.6 is 0 Å². The highest BCUT2D eigenvalue weighted by molar-refractivity contribution is 6.03. The fourth-order valence-corrected chi connectivity index (χ4v) is 5.92. The molecule has 0 aliphatic rings. The number of fused-ring (bicyclic) bond motifs is 3. The van der Waals surface area contributed by atoms with Crippen molar-refractivity contribution in [2.45, 2.75) is 13.8 Å². The molecule has 0 saturated heterocycles. The first-order valence-corrected chi connectivity index (χ1v) is 14.4. The van der Waals surface area contributed by atoms with Gasteiger partial charge in [0.2, 0.25) is 0 Å². The van der Waals surface area contributed by atoms with Crippen molar-refractivity contribution < 1.29 is 0 Å². The van der Waals surface area contributed by atoms with Gasteiger partial charge in [-0.05, 0) is 96.1 Å². The van der Waals surface area contributed by atoms with Gasteiger partial charge in [-0.15, -0.1) is 0 Å². The van der Waals surface area contributed by atoms with Crippen molar-refractivity contribution in [3.05, 3.63) is 167 Å². The van der Waals surface area contributed by atoms with Crippen LogP contribution in [0.5, 0.6) is 0 Å². The van der Waals surface area contributed by atoms with Crippen LogP contribution in [0.1, 0.15) is 25.0 Å². The molecule has 0 atom stereocenters. The Balaban J connectivity index is 1.60. The summed E-state index contributed by atoms with van der Waals surface area (Å²) in [6.07, 6.45) is 4.46. The van der Waals surface area contributed by atoms with E-state index in [1.165, 1.54) is 32.7 Å². The van der Waals surface area contributed by atoms with Gasteiger partial charge in [0.05, 0.1) is 0 Å². The summed E-state index contributed by atoms with van der Waals surface area (Å²) in [7, 11) is 0. The molecule has 0 radical (unpaired) electrons. The van der Waals surface area contributed by atoms with Crippen LogP contribution in [-0.2, 0) is 0 Å². The van der Waals surface area contributed by atoms with Crippen LogP contribution in [0.15, 0.2) is 146 Å². The maximum atomic E-state index is 4.52. The van der Waals surface area contributed by atoms with Gasteiger partial charge in [0.15, 0.2) is 0 Å². The van der Waals surface area contributed by atoms with Crippen molar-refractivity contribution in [3.63, 3.8) is 0 Å². The highest BCUT2D eigenvalue weighted by Crippen LogP contribution is 2.30. The second kappa shape index (κ2) is 11.7. The summed E-state index contributed by atoms with van der Waals surface area (Å²) in [6.45, 7) is 13.4. The van der Waals surface area contributed by atoms with Crippen molar-refractivity contribution >= 4 is 56.6 Å². The first-order chi connectivity index (χ1) is 20.5. The van der Waals surface area contributed by atoms with Crippen molar-refractivity contribution in [1.82, 2.24) is 0 Å². The lowest BCUT2D eigenvalue weighted by Gasteiger charge is -2.11. The number of hydrogen-bond acceptors (Lipinski definition) is 0. The van der Waals surface area contributed by atoms with Crippen LogP contribution in [0.2, 0.25) is 0 Å². The van der Waals surface area contributed by atoms with Gasteiger partial charge in [0.25, 0.3) is 0 Å². The molecule has 6 aromatic carbocycles. The zero-order chi connectivity index (χ0) is 29.1. The molecule has 0 heterocycles. The molecule has 0 bridgehead atoms. The van der Waals surface area contributed by atoms with Crippen LogP contribution in [0, 0.1) is 0 Å². The Morgan fingerprint density at radius 3 is 1.83 bits per heavy atom. The van der Waals surface area contributed by atoms with E-state index in [4.69, 9.17) is 0 Å². The molecule has 0 unspecified atom stereocenters. The van der Waals surface area contributed by atoms with Crippen LogP contribution in [0.4, 0.5) is 0 Å². The van der Waals surface area contributed by atoms with Gasteiger partial charge in [-0.25, -0.2) is 0 Å². The molecular formula is C42H34. The van der Waals surface area contributed by atoms with E-state index in [1.807, 2.05) is 0 Å². The quantitative estimate of drug-likeness (QED) is 0.196. The SMILES string of the molecule is C=c1ccccc(=C)c(-c2ccc3ccccc3c2)c2ccccc2c1/C(C)=C/C=C(\C)c1cccc2ccccc12. The zero-order valence-corrected chi connectivity index (χ0v) is 24.3. The summed E-state index contributed by atoms with van der Waals surface area (Å²) >= 11 is 0. The number of allylic oxidation sites excluding steroid dienone is 4. The van der Waals surface area contributed by atoms with Crippen LogP contribution < -0.4 is 10.4 Å². The van der Waals surface area contributed by atoms with Gasteiger partial charge in [-0.1, -0.05) is 153 Å². The Morgan fingerprint density at radius 2 is 1.05 bits per heavy atom. The molecule has 6 aromatic rings. The van der Waals surface area contributed by atoms with E-state index in [-0.39, 0.29) is 0 Å². The lowest BCUT2D eigenvalue weighted by atomic mass is 9.92. The third kappa shape index (κ3) is 5.28. The van der Waals surface area contributed by atoms with Gasteiger partial charge in [0, 0.05) is 0 Å². The lowest BCUT2D eigenvalue weighted by molar-refractivity contribution is 1.55. The molecule has 0 heteroatoms. The van der Waals surface area contributed by atoms with Crippen molar-refractivity contribution in [3.8, 4) is 11.1 Å². The van der Waals surface area contributed by atoms with Gasteiger partial charge in [-0.2, -0.15) is 0 Å². The predicted octanol–water partition coefficient (Wildman–Crippen LogP) is 10.3. The predicted molar refractivity (Wildman–Crippen MR) is 186 cm³/mol. The molecule has 0 fully saturated rings. The highest BCUT2D eigenvalue weighted by atomic mass is 14.1. The number of rotatable bonds is 4. The Morgan fingerprint density at radius 1 is 0.476 bits per heavy atom. The van der Waals surface area contributed by atoms with E-state index < -0.39 is 0 Å². The lowest BCUT2D eigenvalue weighted by Crippen LogP contribution is -2.06. The van der Waals surface area contributed by atoms with Crippen molar-refractivity contribution in [2.24, 2.45) is 0 Å². The van der Waals surface area contributed by atoms with Crippen LogP contribution in [0.3, 0.4) is 0 Å². The molecule has 202 valence electrons. The molecule has 42 heavy (non-hydrogen) atoms. The Labute approximate surface area is 248 Å². The summed E-state index contributed by atoms with van der Waals surface area (Å²) in [5.74, 6) is 0. The summed E-state index contributed by atoms with van der Waals surface area (Å²) < 4.78 is 0. The van der Waals surface area contributed by atoms with E-state index in [2.05, 4.69) is 173 Å². The average Bonchev–Trinajstić information content (AvgIpc) is 3.02. The second-order valence-corrected chi connectivity index (χ2v) is 10.9. The molecule has 0 spiro atoms. The first kappa shape index (κ1) is 27.0. The van der Waals surface area contributed by atoms with Gasteiger partial charge >= 0.3 is 0 Å². The van der Waals surface area contributed by atoms with Crippen molar-refractivity contribution in [1.29, 1.82) is 0 Å². The topological polar surface area (TPSA) is 0 Å². The third-order valence-corrected chi connectivity index (χ3v) is 8.04. The van der Waals surface area contributed by atoms with Crippen LogP contribution in [-0.4, -0.2) is 0 Å². The van der Waals surface area contributed by atoms with E-state index in [0.29, 0.717) is 0 Å². The second-order valence-electron chi connectivity index (χ2n) is 10.9. The Kier molecular flexibility index (Phi) is 7.54. The number of benzene rings is 5. The Bertz CT molecular complexity index is 2190. The number of hydrogen-bond donors (Lipinski definition) is 0. The minimum absolute atomic E-state index is 0.974. The first-order valence-electron chi connectivity index (χ1n) is 14.4. The van der Waals surface area contributed by atoms with Gasteiger partial charge in [-0.3, -0.25) is 0 Å².